The predicted molar refractivity (Wildman–Crippen MR) is 90.6 cm³/mol. The predicted octanol–water partition coefficient (Wildman–Crippen LogP) is 2.69. The normalized spacial score (nSPS) is 10.5. The van der Waals surface area contributed by atoms with Gasteiger partial charge in [-0.05, 0) is 30.3 Å². The van der Waals surface area contributed by atoms with Crippen molar-refractivity contribution in [1.82, 2.24) is 15.1 Å². The number of esters is 1. The summed E-state index contributed by atoms with van der Waals surface area (Å²) in [7, 11) is 1.25. The molecular formula is C17H14ClN3O4. The fourth-order valence-corrected chi connectivity index (χ4v) is 2.40. The highest BCUT2D eigenvalue weighted by molar-refractivity contribution is 6.30. The molecule has 0 spiro atoms. The Morgan fingerprint density at radius 2 is 2.12 bits per heavy atom. The Labute approximate surface area is 148 Å². The molecule has 0 aliphatic rings. The Bertz CT molecular complexity index is 903. The van der Waals surface area contributed by atoms with Gasteiger partial charge in [0.05, 0.1) is 19.1 Å². The van der Waals surface area contributed by atoms with Gasteiger partial charge in [0.15, 0.2) is 11.5 Å². The van der Waals surface area contributed by atoms with Crippen molar-refractivity contribution in [2.24, 2.45) is 0 Å². The van der Waals surface area contributed by atoms with Gasteiger partial charge in [-0.2, -0.15) is 5.10 Å². The molecule has 2 aromatic heterocycles. The van der Waals surface area contributed by atoms with Gasteiger partial charge in [-0.1, -0.05) is 17.7 Å². The number of carbonyl (C=O) groups excluding carboxylic acids is 2. The number of benzene rings is 1. The van der Waals surface area contributed by atoms with E-state index in [1.54, 1.807) is 47.1 Å². The molecule has 0 bridgehead atoms. The lowest BCUT2D eigenvalue weighted by atomic mass is 10.2. The summed E-state index contributed by atoms with van der Waals surface area (Å²) < 4.78 is 11.5. The van der Waals surface area contributed by atoms with Gasteiger partial charge in [-0.15, -0.1) is 0 Å². The maximum absolute atomic E-state index is 12.2. The van der Waals surface area contributed by atoms with E-state index >= 15 is 0 Å². The van der Waals surface area contributed by atoms with Crippen LogP contribution in [0.5, 0.6) is 0 Å². The van der Waals surface area contributed by atoms with Crippen molar-refractivity contribution in [3.8, 4) is 17.1 Å². The highest BCUT2D eigenvalue weighted by Crippen LogP contribution is 2.25. The number of ether oxygens (including phenoxy) is 1. The van der Waals surface area contributed by atoms with Gasteiger partial charge in [-0.25, -0.2) is 4.68 Å². The standard InChI is InChI=1S/C17H14ClN3O4/c1-24-16(22)10-19-17(23)13-9-14(15-6-3-7-25-15)21(20-13)12-5-2-4-11(18)8-12/h2-9H,10H2,1H3,(H,19,23). The number of nitrogens with zero attached hydrogens (tertiary/aromatic N) is 2. The molecule has 128 valence electrons. The van der Waals surface area contributed by atoms with E-state index in [1.807, 2.05) is 0 Å². The zero-order valence-corrected chi connectivity index (χ0v) is 14.0. The maximum Gasteiger partial charge on any atom is 0.325 e. The zero-order chi connectivity index (χ0) is 17.8. The van der Waals surface area contributed by atoms with E-state index in [1.165, 1.54) is 13.4 Å². The second-order valence-corrected chi connectivity index (χ2v) is 5.48. The molecule has 1 amide bonds. The van der Waals surface area contributed by atoms with Crippen LogP contribution in [-0.2, 0) is 9.53 Å². The van der Waals surface area contributed by atoms with Crippen LogP contribution in [0.2, 0.25) is 5.02 Å². The molecule has 0 aliphatic heterocycles. The van der Waals surface area contributed by atoms with Gasteiger partial charge in [0.1, 0.15) is 12.2 Å². The Morgan fingerprint density at radius 1 is 1.28 bits per heavy atom. The van der Waals surface area contributed by atoms with E-state index in [9.17, 15) is 9.59 Å². The number of furan rings is 1. The highest BCUT2D eigenvalue weighted by atomic mass is 35.5. The third-order valence-electron chi connectivity index (χ3n) is 3.39. The van der Waals surface area contributed by atoms with Gasteiger partial charge in [0, 0.05) is 11.1 Å². The van der Waals surface area contributed by atoms with Crippen LogP contribution in [0.15, 0.2) is 53.1 Å². The number of halogens is 1. The maximum atomic E-state index is 12.2. The number of rotatable bonds is 5. The fraction of sp³-hybridized carbons (Fsp3) is 0.118. The third-order valence-corrected chi connectivity index (χ3v) is 3.62. The molecule has 0 saturated heterocycles. The minimum atomic E-state index is -0.547. The average Bonchev–Trinajstić information content (AvgIpc) is 3.28. The lowest BCUT2D eigenvalue weighted by molar-refractivity contribution is -0.139. The number of hydrogen-bond donors (Lipinski definition) is 1. The minimum absolute atomic E-state index is 0.135. The molecular weight excluding hydrogens is 346 g/mol. The molecule has 3 rings (SSSR count). The molecule has 7 nitrogen and oxygen atoms in total. The Kier molecular flexibility index (Phi) is 4.85. The monoisotopic (exact) mass is 359 g/mol. The van der Waals surface area contributed by atoms with Crippen LogP contribution < -0.4 is 5.32 Å². The first-order valence-corrected chi connectivity index (χ1v) is 7.71. The summed E-state index contributed by atoms with van der Waals surface area (Å²) in [5.74, 6) is -0.507. The van der Waals surface area contributed by atoms with Crippen molar-refractivity contribution in [3.05, 3.63) is 59.4 Å². The minimum Gasteiger partial charge on any atom is -0.468 e. The average molecular weight is 360 g/mol. The molecule has 25 heavy (non-hydrogen) atoms. The Morgan fingerprint density at radius 3 is 2.80 bits per heavy atom. The van der Waals surface area contributed by atoms with Crippen LogP contribution in [0.4, 0.5) is 0 Å². The number of nitrogens with one attached hydrogen (secondary N) is 1. The number of amides is 1. The molecule has 8 heteroatoms. The SMILES string of the molecule is COC(=O)CNC(=O)c1cc(-c2ccco2)n(-c2cccc(Cl)c2)n1. The summed E-state index contributed by atoms with van der Waals surface area (Å²) in [5.41, 5.74) is 1.39. The first-order chi connectivity index (χ1) is 12.1. The molecule has 0 aliphatic carbocycles. The second kappa shape index (κ2) is 7.23. The number of carbonyl (C=O) groups is 2. The first-order valence-electron chi connectivity index (χ1n) is 7.33. The van der Waals surface area contributed by atoms with E-state index in [2.05, 4.69) is 15.2 Å². The van der Waals surface area contributed by atoms with Crippen molar-refractivity contribution in [2.45, 2.75) is 0 Å². The second-order valence-electron chi connectivity index (χ2n) is 5.04. The summed E-state index contributed by atoms with van der Waals surface area (Å²) >= 11 is 6.05. The zero-order valence-electron chi connectivity index (χ0n) is 13.2. The molecule has 2 heterocycles. The summed E-state index contributed by atoms with van der Waals surface area (Å²) in [5, 5.41) is 7.30. The van der Waals surface area contributed by atoms with Crippen molar-refractivity contribution < 1.29 is 18.7 Å². The van der Waals surface area contributed by atoms with Crippen LogP contribution in [0, 0.1) is 0 Å². The molecule has 0 fully saturated rings. The van der Waals surface area contributed by atoms with Gasteiger partial charge < -0.3 is 14.5 Å². The van der Waals surface area contributed by atoms with Gasteiger partial charge in [-0.3, -0.25) is 9.59 Å². The van der Waals surface area contributed by atoms with E-state index in [0.29, 0.717) is 22.2 Å². The molecule has 0 unspecified atom stereocenters. The van der Waals surface area contributed by atoms with Crippen LogP contribution >= 0.6 is 11.6 Å². The topological polar surface area (TPSA) is 86.4 Å². The highest BCUT2D eigenvalue weighted by Gasteiger charge is 2.19. The molecule has 1 N–H and O–H groups in total. The third kappa shape index (κ3) is 3.72. The van der Waals surface area contributed by atoms with Gasteiger partial charge in [0.25, 0.3) is 5.91 Å². The Balaban J connectivity index is 1.98. The van der Waals surface area contributed by atoms with E-state index in [4.69, 9.17) is 16.0 Å². The number of aromatic nitrogens is 2. The van der Waals surface area contributed by atoms with Crippen molar-refractivity contribution in [2.75, 3.05) is 13.7 Å². The van der Waals surface area contributed by atoms with Crippen LogP contribution in [-0.4, -0.2) is 35.3 Å². The molecule has 0 atom stereocenters. The number of hydrogen-bond acceptors (Lipinski definition) is 5. The molecule has 0 saturated carbocycles. The molecule has 3 aromatic rings. The molecule has 0 radical (unpaired) electrons. The van der Waals surface area contributed by atoms with E-state index in [0.717, 1.165) is 0 Å². The lowest BCUT2D eigenvalue weighted by Gasteiger charge is -2.05. The van der Waals surface area contributed by atoms with Crippen molar-refractivity contribution >= 4 is 23.5 Å². The van der Waals surface area contributed by atoms with Crippen molar-refractivity contribution in [3.63, 3.8) is 0 Å². The summed E-state index contributed by atoms with van der Waals surface area (Å²) in [6.45, 7) is -0.241. The molecule has 1 aromatic carbocycles. The van der Waals surface area contributed by atoms with Crippen LogP contribution in [0.1, 0.15) is 10.5 Å². The summed E-state index contributed by atoms with van der Waals surface area (Å²) in [6.07, 6.45) is 1.53. The van der Waals surface area contributed by atoms with Crippen molar-refractivity contribution in [1.29, 1.82) is 0 Å². The largest absolute Gasteiger partial charge is 0.468 e. The first kappa shape index (κ1) is 16.8. The Hall–Kier alpha value is -3.06. The smallest absolute Gasteiger partial charge is 0.325 e. The van der Waals surface area contributed by atoms with E-state index < -0.39 is 11.9 Å². The van der Waals surface area contributed by atoms with Crippen LogP contribution in [0.3, 0.4) is 0 Å². The fourth-order valence-electron chi connectivity index (χ4n) is 2.21. The summed E-state index contributed by atoms with van der Waals surface area (Å²) in [4.78, 5) is 23.4. The van der Waals surface area contributed by atoms with E-state index in [-0.39, 0.29) is 12.2 Å². The van der Waals surface area contributed by atoms with Gasteiger partial charge >= 0.3 is 5.97 Å². The number of methoxy groups -OCH3 is 1. The lowest BCUT2D eigenvalue weighted by Crippen LogP contribution is -2.30. The quantitative estimate of drug-likeness (QED) is 0.708. The van der Waals surface area contributed by atoms with Crippen LogP contribution in [0.25, 0.3) is 17.1 Å². The summed E-state index contributed by atoms with van der Waals surface area (Å²) in [6, 6.07) is 12.1. The van der Waals surface area contributed by atoms with Gasteiger partial charge in [0.2, 0.25) is 0 Å².